The van der Waals surface area contributed by atoms with Gasteiger partial charge < -0.3 is 25.0 Å². The molecule has 3 heterocycles. The van der Waals surface area contributed by atoms with Gasteiger partial charge in [0.2, 0.25) is 5.95 Å². The highest BCUT2D eigenvalue weighted by Gasteiger charge is 2.32. The second kappa shape index (κ2) is 8.94. The fourth-order valence-electron chi connectivity index (χ4n) is 3.69. The fourth-order valence-corrected chi connectivity index (χ4v) is 3.69. The van der Waals surface area contributed by atoms with Crippen LogP contribution in [-0.4, -0.2) is 57.6 Å². The van der Waals surface area contributed by atoms with Crippen molar-refractivity contribution in [2.75, 3.05) is 18.5 Å². The van der Waals surface area contributed by atoms with Crippen molar-refractivity contribution in [2.45, 2.75) is 39.3 Å². The van der Waals surface area contributed by atoms with Gasteiger partial charge in [0.05, 0.1) is 41.9 Å². The number of Topliss-reactive ketones (excluding diaryl/α,β-unsaturated/α-hetero) is 1. The standard InChI is InChI=1S/C21H25FN4O5/c1-10-7-13(8-23-19(10)22)24-20(29)16-11(2)17(26(4)12(16)3)18(28)21(30)25-14-5-6-31-9-15(14)27/h7-8,14-15,27H,5-6,9H2,1-4H3,(H,24,29)(H,25,30)/t14-,15-/m1/s1. The minimum atomic E-state index is -0.893. The molecule has 166 valence electrons. The molecule has 0 aliphatic carbocycles. The Morgan fingerprint density at radius 1 is 1.29 bits per heavy atom. The molecule has 2 aromatic rings. The minimum absolute atomic E-state index is 0.0788. The second-order valence-electron chi connectivity index (χ2n) is 7.62. The molecule has 9 nitrogen and oxygen atoms in total. The lowest BCUT2D eigenvalue weighted by Crippen LogP contribution is -2.50. The number of pyridine rings is 1. The van der Waals surface area contributed by atoms with Crippen molar-refractivity contribution in [1.82, 2.24) is 14.9 Å². The molecule has 31 heavy (non-hydrogen) atoms. The smallest absolute Gasteiger partial charge is 0.294 e. The lowest BCUT2D eigenvalue weighted by molar-refractivity contribution is -0.120. The minimum Gasteiger partial charge on any atom is -0.389 e. The van der Waals surface area contributed by atoms with E-state index in [0.717, 1.165) is 0 Å². The third-order valence-corrected chi connectivity index (χ3v) is 5.49. The number of carbonyl (C=O) groups is 3. The molecule has 3 rings (SSSR count). The maximum atomic E-state index is 13.4. The van der Waals surface area contributed by atoms with Crippen LogP contribution in [0.1, 0.15) is 44.1 Å². The van der Waals surface area contributed by atoms with E-state index in [1.165, 1.54) is 23.8 Å². The van der Waals surface area contributed by atoms with Crippen LogP contribution in [0.15, 0.2) is 12.3 Å². The number of hydrogen-bond acceptors (Lipinski definition) is 6. The summed E-state index contributed by atoms with van der Waals surface area (Å²) in [5.41, 5.74) is 1.75. The molecule has 0 radical (unpaired) electrons. The molecule has 1 aliphatic rings. The van der Waals surface area contributed by atoms with Gasteiger partial charge in [-0.05, 0) is 38.8 Å². The summed E-state index contributed by atoms with van der Waals surface area (Å²) in [5, 5.41) is 15.1. The Morgan fingerprint density at radius 3 is 2.65 bits per heavy atom. The van der Waals surface area contributed by atoms with Crippen LogP contribution in [0.4, 0.5) is 10.1 Å². The van der Waals surface area contributed by atoms with E-state index >= 15 is 0 Å². The highest BCUT2D eigenvalue weighted by Crippen LogP contribution is 2.23. The van der Waals surface area contributed by atoms with Gasteiger partial charge in [-0.2, -0.15) is 4.39 Å². The Hall–Kier alpha value is -3.11. The molecule has 2 aromatic heterocycles. The molecule has 2 atom stereocenters. The summed E-state index contributed by atoms with van der Waals surface area (Å²) in [5.74, 6) is -2.79. The van der Waals surface area contributed by atoms with Crippen LogP contribution in [-0.2, 0) is 16.6 Å². The first kappa shape index (κ1) is 22.6. The topological polar surface area (TPSA) is 123 Å². The monoisotopic (exact) mass is 432 g/mol. The number of nitrogens with zero attached hydrogens (tertiary/aromatic N) is 2. The van der Waals surface area contributed by atoms with Crippen LogP contribution in [0.3, 0.4) is 0 Å². The Morgan fingerprint density at radius 2 is 2.00 bits per heavy atom. The first-order chi connectivity index (χ1) is 14.6. The maximum Gasteiger partial charge on any atom is 0.294 e. The van der Waals surface area contributed by atoms with Gasteiger partial charge in [0.25, 0.3) is 17.6 Å². The van der Waals surface area contributed by atoms with Gasteiger partial charge in [-0.3, -0.25) is 14.4 Å². The summed E-state index contributed by atoms with van der Waals surface area (Å²) in [6, 6.07) is 0.871. The summed E-state index contributed by atoms with van der Waals surface area (Å²) < 4.78 is 20.0. The zero-order chi connectivity index (χ0) is 22.9. The summed E-state index contributed by atoms with van der Waals surface area (Å²) in [4.78, 5) is 41.9. The number of nitrogens with one attached hydrogen (secondary N) is 2. The molecule has 10 heteroatoms. The van der Waals surface area contributed by atoms with E-state index in [1.807, 2.05) is 0 Å². The van der Waals surface area contributed by atoms with E-state index in [1.54, 1.807) is 20.9 Å². The normalized spacial score (nSPS) is 18.5. The number of hydrogen-bond donors (Lipinski definition) is 3. The lowest BCUT2D eigenvalue weighted by Gasteiger charge is -2.28. The molecule has 2 amide bonds. The van der Waals surface area contributed by atoms with Gasteiger partial charge in [-0.1, -0.05) is 0 Å². The molecular formula is C21H25FN4O5. The van der Waals surface area contributed by atoms with Gasteiger partial charge >= 0.3 is 0 Å². The average Bonchev–Trinajstić information content (AvgIpc) is 2.94. The summed E-state index contributed by atoms with van der Waals surface area (Å²) in [6.45, 7) is 5.23. The summed E-state index contributed by atoms with van der Waals surface area (Å²) in [7, 11) is 1.59. The number of aryl methyl sites for hydroxylation is 1. The number of anilines is 1. The average molecular weight is 432 g/mol. The zero-order valence-corrected chi connectivity index (χ0v) is 17.8. The number of ether oxygens (including phenoxy) is 1. The van der Waals surface area contributed by atoms with E-state index in [4.69, 9.17) is 4.74 Å². The van der Waals surface area contributed by atoms with Gasteiger partial charge in [0.15, 0.2) is 0 Å². The fraction of sp³-hybridized carbons (Fsp3) is 0.429. The van der Waals surface area contributed by atoms with E-state index in [-0.39, 0.29) is 23.4 Å². The maximum absolute atomic E-state index is 13.4. The van der Waals surface area contributed by atoms with Crippen LogP contribution in [0.5, 0.6) is 0 Å². The number of aliphatic hydroxyl groups is 1. The van der Waals surface area contributed by atoms with Crippen molar-refractivity contribution in [3.8, 4) is 0 Å². The third-order valence-electron chi connectivity index (χ3n) is 5.49. The van der Waals surface area contributed by atoms with E-state index in [2.05, 4.69) is 15.6 Å². The molecule has 0 saturated carbocycles. The number of amides is 2. The van der Waals surface area contributed by atoms with Crippen LogP contribution in [0.25, 0.3) is 0 Å². The summed E-state index contributed by atoms with van der Waals surface area (Å²) in [6.07, 6.45) is 0.701. The van der Waals surface area contributed by atoms with Crippen LogP contribution >= 0.6 is 0 Å². The first-order valence-electron chi connectivity index (χ1n) is 9.82. The van der Waals surface area contributed by atoms with Crippen molar-refractivity contribution < 1.29 is 28.6 Å². The highest BCUT2D eigenvalue weighted by atomic mass is 19.1. The molecule has 1 fully saturated rings. The number of carbonyl (C=O) groups excluding carboxylic acids is 3. The molecule has 0 spiro atoms. The Balaban J connectivity index is 1.83. The van der Waals surface area contributed by atoms with Crippen LogP contribution in [0.2, 0.25) is 0 Å². The number of aliphatic hydroxyl groups excluding tert-OH is 1. The number of ketones is 1. The lowest BCUT2D eigenvalue weighted by atomic mass is 10.0. The quantitative estimate of drug-likeness (QED) is 0.371. The number of rotatable bonds is 5. The zero-order valence-electron chi connectivity index (χ0n) is 17.8. The highest BCUT2D eigenvalue weighted by molar-refractivity contribution is 6.43. The third kappa shape index (κ3) is 4.49. The summed E-state index contributed by atoms with van der Waals surface area (Å²) >= 11 is 0. The molecule has 3 N–H and O–H groups in total. The Labute approximate surface area is 178 Å². The van der Waals surface area contributed by atoms with E-state index in [9.17, 15) is 23.9 Å². The van der Waals surface area contributed by atoms with Crippen molar-refractivity contribution in [2.24, 2.45) is 7.05 Å². The molecule has 1 aliphatic heterocycles. The van der Waals surface area contributed by atoms with Crippen molar-refractivity contribution in [1.29, 1.82) is 0 Å². The van der Waals surface area contributed by atoms with Crippen LogP contribution < -0.4 is 10.6 Å². The van der Waals surface area contributed by atoms with E-state index in [0.29, 0.717) is 30.0 Å². The predicted octanol–water partition coefficient (Wildman–Crippen LogP) is 1.19. The van der Waals surface area contributed by atoms with Gasteiger partial charge in [-0.15, -0.1) is 0 Å². The van der Waals surface area contributed by atoms with Gasteiger partial charge in [0.1, 0.15) is 0 Å². The van der Waals surface area contributed by atoms with Gasteiger partial charge in [0, 0.05) is 24.9 Å². The molecule has 0 aromatic carbocycles. The Bertz CT molecular complexity index is 1050. The SMILES string of the molecule is Cc1cc(NC(=O)c2c(C)c(C(=O)C(=O)N[C@@H]3CCOC[C@H]3O)n(C)c2C)cnc1F. The molecule has 0 unspecified atom stereocenters. The van der Waals surface area contributed by atoms with Crippen molar-refractivity contribution in [3.05, 3.63) is 46.3 Å². The molecule has 1 saturated heterocycles. The van der Waals surface area contributed by atoms with Gasteiger partial charge in [-0.25, -0.2) is 4.98 Å². The van der Waals surface area contributed by atoms with Crippen LogP contribution in [0, 0.1) is 26.7 Å². The number of aromatic nitrogens is 2. The largest absolute Gasteiger partial charge is 0.389 e. The first-order valence-corrected chi connectivity index (χ1v) is 9.82. The van der Waals surface area contributed by atoms with E-state index < -0.39 is 35.7 Å². The predicted molar refractivity (Wildman–Crippen MR) is 109 cm³/mol. The molecular weight excluding hydrogens is 407 g/mol. The van der Waals surface area contributed by atoms with Crippen molar-refractivity contribution >= 4 is 23.3 Å². The number of halogens is 1. The molecule has 0 bridgehead atoms. The van der Waals surface area contributed by atoms with Crippen molar-refractivity contribution in [3.63, 3.8) is 0 Å². The second-order valence-corrected chi connectivity index (χ2v) is 7.62. The Kier molecular flexibility index (Phi) is 6.51.